The highest BCUT2D eigenvalue weighted by atomic mass is 35.5. The van der Waals surface area contributed by atoms with Crippen LogP contribution in [-0.2, 0) is 6.42 Å². The maximum absolute atomic E-state index is 12.4. The number of benzene rings is 2. The third kappa shape index (κ3) is 5.81. The van der Waals surface area contributed by atoms with Crippen LogP contribution < -0.4 is 10.1 Å². The van der Waals surface area contributed by atoms with Gasteiger partial charge in [0.1, 0.15) is 5.75 Å². The van der Waals surface area contributed by atoms with Gasteiger partial charge in [-0.1, -0.05) is 37.1 Å². The molecular weight excluding hydrogens is 380 g/mol. The summed E-state index contributed by atoms with van der Waals surface area (Å²) in [5, 5.41) is 4.15. The van der Waals surface area contributed by atoms with Gasteiger partial charge in [0.2, 0.25) is 0 Å². The average Bonchev–Trinajstić information content (AvgIpc) is 3.09. The summed E-state index contributed by atoms with van der Waals surface area (Å²) in [4.78, 5) is 17.8. The molecule has 1 aromatic heterocycles. The van der Waals surface area contributed by atoms with Gasteiger partial charge in [-0.25, -0.2) is 4.98 Å². The van der Waals surface area contributed by atoms with Crippen molar-refractivity contribution in [3.8, 4) is 5.75 Å². The molecular formula is C21H21ClN2O2S. The number of ether oxygens (including phenoxy) is 1. The van der Waals surface area contributed by atoms with Gasteiger partial charge in [-0.3, -0.25) is 10.1 Å². The third-order valence-corrected chi connectivity index (χ3v) is 5.07. The highest BCUT2D eigenvalue weighted by Gasteiger charge is 2.10. The average molecular weight is 401 g/mol. The van der Waals surface area contributed by atoms with Crippen LogP contribution in [-0.4, -0.2) is 17.5 Å². The largest absolute Gasteiger partial charge is 0.494 e. The van der Waals surface area contributed by atoms with Crippen molar-refractivity contribution in [1.29, 1.82) is 0 Å². The van der Waals surface area contributed by atoms with Gasteiger partial charge in [-0.05, 0) is 48.4 Å². The Morgan fingerprint density at radius 1 is 1.22 bits per heavy atom. The first-order valence-electron chi connectivity index (χ1n) is 8.87. The van der Waals surface area contributed by atoms with Gasteiger partial charge in [0.25, 0.3) is 5.91 Å². The minimum absolute atomic E-state index is 0.182. The van der Waals surface area contributed by atoms with Gasteiger partial charge in [0.15, 0.2) is 5.13 Å². The Morgan fingerprint density at radius 2 is 2.04 bits per heavy atom. The van der Waals surface area contributed by atoms with Crippen LogP contribution in [0.25, 0.3) is 0 Å². The molecule has 3 rings (SSSR count). The van der Waals surface area contributed by atoms with Crippen LogP contribution in [0.1, 0.15) is 40.6 Å². The first kappa shape index (κ1) is 19.4. The second-order valence-electron chi connectivity index (χ2n) is 6.12. The molecule has 0 fully saturated rings. The number of hydrogen-bond acceptors (Lipinski definition) is 4. The van der Waals surface area contributed by atoms with E-state index in [0.717, 1.165) is 35.5 Å². The predicted octanol–water partition coefficient (Wildman–Crippen LogP) is 5.82. The maximum atomic E-state index is 12.4. The molecule has 3 aromatic rings. The summed E-state index contributed by atoms with van der Waals surface area (Å²) in [5.74, 6) is 0.594. The van der Waals surface area contributed by atoms with Crippen LogP contribution in [0.5, 0.6) is 5.75 Å². The number of thiazole rings is 1. The highest BCUT2D eigenvalue weighted by molar-refractivity contribution is 7.15. The van der Waals surface area contributed by atoms with Crippen molar-refractivity contribution in [3.63, 3.8) is 0 Å². The van der Waals surface area contributed by atoms with Crippen molar-refractivity contribution in [2.24, 2.45) is 0 Å². The van der Waals surface area contributed by atoms with E-state index in [1.165, 1.54) is 11.3 Å². The smallest absolute Gasteiger partial charge is 0.257 e. The number of nitrogens with one attached hydrogen (secondary N) is 1. The van der Waals surface area contributed by atoms with Crippen LogP contribution >= 0.6 is 22.9 Å². The highest BCUT2D eigenvalue weighted by Crippen LogP contribution is 2.23. The summed E-state index contributed by atoms with van der Waals surface area (Å²) in [5.41, 5.74) is 1.69. The standard InChI is InChI=1S/C21H21ClN2O2S/c1-2-3-11-26-18-9-7-16(8-10-18)20(25)24-21-23-14-19(27-21)13-15-5-4-6-17(22)12-15/h4-10,12,14H,2-3,11,13H2,1H3,(H,23,24,25). The zero-order chi connectivity index (χ0) is 19.1. The van der Waals surface area contributed by atoms with Gasteiger partial charge < -0.3 is 4.74 Å². The van der Waals surface area contributed by atoms with E-state index in [9.17, 15) is 4.79 Å². The number of nitrogens with zero attached hydrogens (tertiary/aromatic N) is 1. The van der Waals surface area contributed by atoms with E-state index in [1.807, 2.05) is 36.4 Å². The fourth-order valence-corrected chi connectivity index (χ4v) is 3.56. The number of carbonyl (C=O) groups is 1. The number of amides is 1. The second kappa shape index (κ2) is 9.53. The summed E-state index contributed by atoms with van der Waals surface area (Å²) in [7, 11) is 0. The van der Waals surface area contributed by atoms with Crippen molar-refractivity contribution < 1.29 is 9.53 Å². The molecule has 6 heteroatoms. The molecule has 140 valence electrons. The van der Waals surface area contributed by atoms with Gasteiger partial charge in [-0.2, -0.15) is 0 Å². The number of unbranched alkanes of at least 4 members (excludes halogenated alkanes) is 1. The maximum Gasteiger partial charge on any atom is 0.257 e. The van der Waals surface area contributed by atoms with Crippen LogP contribution in [0.3, 0.4) is 0 Å². The van der Waals surface area contributed by atoms with E-state index >= 15 is 0 Å². The summed E-state index contributed by atoms with van der Waals surface area (Å²) < 4.78 is 5.62. The lowest BCUT2D eigenvalue weighted by atomic mass is 10.1. The molecule has 1 heterocycles. The molecule has 0 radical (unpaired) electrons. The van der Waals surface area contributed by atoms with Crippen LogP contribution in [0.2, 0.25) is 5.02 Å². The lowest BCUT2D eigenvalue weighted by Gasteiger charge is -2.06. The molecule has 0 aliphatic carbocycles. The number of carbonyl (C=O) groups excluding carboxylic acids is 1. The molecule has 0 aliphatic rings. The minimum atomic E-state index is -0.182. The Balaban J connectivity index is 1.57. The number of anilines is 1. The minimum Gasteiger partial charge on any atom is -0.494 e. The monoisotopic (exact) mass is 400 g/mol. The number of aromatic nitrogens is 1. The quantitative estimate of drug-likeness (QED) is 0.485. The van der Waals surface area contributed by atoms with Crippen molar-refractivity contribution >= 4 is 34.0 Å². The van der Waals surface area contributed by atoms with Gasteiger partial charge in [-0.15, -0.1) is 11.3 Å². The first-order chi connectivity index (χ1) is 13.1. The molecule has 27 heavy (non-hydrogen) atoms. The Morgan fingerprint density at radius 3 is 2.78 bits per heavy atom. The fraction of sp³-hybridized carbons (Fsp3) is 0.238. The zero-order valence-corrected chi connectivity index (χ0v) is 16.6. The van der Waals surface area contributed by atoms with E-state index in [-0.39, 0.29) is 5.91 Å². The summed E-state index contributed by atoms with van der Waals surface area (Å²) in [6.45, 7) is 2.81. The first-order valence-corrected chi connectivity index (χ1v) is 10.1. The van der Waals surface area contributed by atoms with Crippen LogP contribution in [0.4, 0.5) is 5.13 Å². The summed E-state index contributed by atoms with van der Waals surface area (Å²) in [6.07, 6.45) is 4.63. The molecule has 1 N–H and O–H groups in total. The van der Waals surface area contributed by atoms with Gasteiger partial charge >= 0.3 is 0 Å². The number of hydrogen-bond donors (Lipinski definition) is 1. The molecule has 0 atom stereocenters. The van der Waals surface area contributed by atoms with E-state index in [0.29, 0.717) is 22.3 Å². The van der Waals surface area contributed by atoms with Crippen molar-refractivity contribution in [2.45, 2.75) is 26.2 Å². The molecule has 0 saturated carbocycles. The molecule has 0 spiro atoms. The fourth-order valence-electron chi connectivity index (χ4n) is 2.50. The normalized spacial score (nSPS) is 10.6. The summed E-state index contributed by atoms with van der Waals surface area (Å²) >= 11 is 7.48. The van der Waals surface area contributed by atoms with Gasteiger partial charge in [0.05, 0.1) is 6.61 Å². The third-order valence-electron chi connectivity index (χ3n) is 3.92. The van der Waals surface area contributed by atoms with E-state index in [4.69, 9.17) is 16.3 Å². The molecule has 0 saturated heterocycles. The molecule has 0 aliphatic heterocycles. The Kier molecular flexibility index (Phi) is 6.85. The number of halogens is 1. The van der Waals surface area contributed by atoms with Crippen molar-refractivity contribution in [3.05, 3.63) is 75.8 Å². The Hall–Kier alpha value is -2.37. The molecule has 1 amide bonds. The Bertz CT molecular complexity index is 893. The van der Waals surface area contributed by atoms with Gasteiger partial charge in [0, 0.05) is 28.1 Å². The van der Waals surface area contributed by atoms with E-state index in [1.54, 1.807) is 18.3 Å². The lowest BCUT2D eigenvalue weighted by Crippen LogP contribution is -2.11. The molecule has 0 bridgehead atoms. The van der Waals surface area contributed by atoms with Crippen LogP contribution in [0.15, 0.2) is 54.7 Å². The van der Waals surface area contributed by atoms with Crippen LogP contribution in [0, 0.1) is 0 Å². The zero-order valence-electron chi connectivity index (χ0n) is 15.1. The summed E-state index contributed by atoms with van der Waals surface area (Å²) in [6, 6.07) is 14.9. The Labute approximate surface area is 168 Å². The second-order valence-corrected chi connectivity index (χ2v) is 7.67. The molecule has 4 nitrogen and oxygen atoms in total. The number of rotatable bonds is 8. The molecule has 0 unspecified atom stereocenters. The van der Waals surface area contributed by atoms with E-state index in [2.05, 4.69) is 17.2 Å². The molecule has 2 aromatic carbocycles. The van der Waals surface area contributed by atoms with Crippen molar-refractivity contribution in [2.75, 3.05) is 11.9 Å². The van der Waals surface area contributed by atoms with E-state index < -0.39 is 0 Å². The SMILES string of the molecule is CCCCOc1ccc(C(=O)Nc2ncc(Cc3cccc(Cl)c3)s2)cc1. The topological polar surface area (TPSA) is 51.2 Å². The van der Waals surface area contributed by atoms with Crippen molar-refractivity contribution in [1.82, 2.24) is 4.98 Å². The lowest BCUT2D eigenvalue weighted by molar-refractivity contribution is 0.102. The predicted molar refractivity (Wildman–Crippen MR) is 111 cm³/mol.